The number of alkyl halides is 3. The molecule has 0 heterocycles. The molecule has 0 radical (unpaired) electrons. The summed E-state index contributed by atoms with van der Waals surface area (Å²) in [6.07, 6.45) is -2.52. The summed E-state index contributed by atoms with van der Waals surface area (Å²) in [6.45, 7) is -0.675. The fourth-order valence-corrected chi connectivity index (χ4v) is 1.38. The fraction of sp³-hybridized carbons (Fsp3) is 0.333. The second-order valence-electron chi connectivity index (χ2n) is 2.59. The smallest absolute Gasteiger partial charge is 0.272 e. The molecule has 0 atom stereocenters. The number of ether oxygens (including phenoxy) is 1. The van der Waals surface area contributed by atoms with Gasteiger partial charge in [-0.3, -0.25) is 0 Å². The van der Waals surface area contributed by atoms with Gasteiger partial charge in [-0.25, -0.2) is 13.2 Å². The van der Waals surface area contributed by atoms with Crippen LogP contribution in [0.5, 0.6) is 5.75 Å². The molecule has 5 heteroatoms. The molecular weight excluding hydrogens is 261 g/mol. The van der Waals surface area contributed by atoms with Crippen molar-refractivity contribution in [1.82, 2.24) is 0 Å². The summed E-state index contributed by atoms with van der Waals surface area (Å²) in [7, 11) is 0. The van der Waals surface area contributed by atoms with Gasteiger partial charge in [0.1, 0.15) is 18.2 Å². The van der Waals surface area contributed by atoms with Gasteiger partial charge in [0, 0.05) is 10.9 Å². The van der Waals surface area contributed by atoms with Crippen molar-refractivity contribution in [2.45, 2.75) is 11.8 Å². The lowest BCUT2D eigenvalue weighted by molar-refractivity contribution is 0.0815. The minimum absolute atomic E-state index is 0.281. The number of hydrogen-bond donors (Lipinski definition) is 0. The van der Waals surface area contributed by atoms with E-state index < -0.39 is 18.8 Å². The molecule has 1 aromatic rings. The lowest BCUT2D eigenvalue weighted by Crippen LogP contribution is -2.08. The van der Waals surface area contributed by atoms with E-state index >= 15 is 0 Å². The predicted octanol–water partition coefficient (Wildman–Crippen LogP) is 3.36. The highest BCUT2D eigenvalue weighted by molar-refractivity contribution is 9.08. The Morgan fingerprint density at radius 1 is 1.36 bits per heavy atom. The summed E-state index contributed by atoms with van der Waals surface area (Å²) in [5.74, 6) is -0.132. The molecule has 78 valence electrons. The van der Waals surface area contributed by atoms with Crippen LogP contribution in [0.4, 0.5) is 13.2 Å². The molecular formula is C9H8BrF3O. The molecule has 0 spiro atoms. The van der Waals surface area contributed by atoms with Crippen LogP contribution in [-0.4, -0.2) is 13.0 Å². The first kappa shape index (κ1) is 11.4. The standard InChI is InChI=1S/C9H8BrF3O/c10-4-6-3-7(11)1-2-8(6)14-5-9(12)13/h1-3,9H,4-5H2. The second-order valence-corrected chi connectivity index (χ2v) is 3.15. The highest BCUT2D eigenvalue weighted by atomic mass is 79.9. The topological polar surface area (TPSA) is 9.23 Å². The molecule has 0 aliphatic carbocycles. The molecule has 0 saturated heterocycles. The summed E-state index contributed by atoms with van der Waals surface area (Å²) < 4.78 is 41.2. The van der Waals surface area contributed by atoms with Gasteiger partial charge in [-0.05, 0) is 18.2 Å². The Morgan fingerprint density at radius 2 is 2.07 bits per heavy atom. The van der Waals surface area contributed by atoms with Gasteiger partial charge in [0.25, 0.3) is 6.43 Å². The van der Waals surface area contributed by atoms with Crippen LogP contribution in [-0.2, 0) is 5.33 Å². The first-order valence-electron chi connectivity index (χ1n) is 3.89. The molecule has 0 fully saturated rings. The normalized spacial score (nSPS) is 10.6. The zero-order valence-electron chi connectivity index (χ0n) is 7.14. The number of halogens is 4. The summed E-state index contributed by atoms with van der Waals surface area (Å²) in [5, 5.41) is 0.364. The van der Waals surface area contributed by atoms with E-state index in [1.807, 2.05) is 0 Å². The zero-order chi connectivity index (χ0) is 10.6. The Hall–Kier alpha value is -0.710. The van der Waals surface area contributed by atoms with E-state index in [1.54, 1.807) is 0 Å². The molecule has 0 amide bonds. The summed E-state index contributed by atoms with van der Waals surface area (Å²) >= 11 is 3.12. The molecule has 0 aromatic heterocycles. The van der Waals surface area contributed by atoms with Crippen molar-refractivity contribution in [3.8, 4) is 5.75 Å². The van der Waals surface area contributed by atoms with Crippen molar-refractivity contribution in [1.29, 1.82) is 0 Å². The second kappa shape index (κ2) is 5.24. The number of rotatable bonds is 4. The molecule has 0 N–H and O–H groups in total. The Morgan fingerprint density at radius 3 is 2.64 bits per heavy atom. The maximum absolute atomic E-state index is 12.7. The van der Waals surface area contributed by atoms with Crippen LogP contribution in [0.3, 0.4) is 0 Å². The van der Waals surface area contributed by atoms with Gasteiger partial charge in [-0.1, -0.05) is 15.9 Å². The van der Waals surface area contributed by atoms with E-state index in [-0.39, 0.29) is 5.75 Å². The third kappa shape index (κ3) is 3.21. The average Bonchev–Trinajstić information content (AvgIpc) is 2.15. The summed E-state index contributed by atoms with van der Waals surface area (Å²) in [6, 6.07) is 3.76. The molecule has 1 aromatic carbocycles. The van der Waals surface area contributed by atoms with Crippen molar-refractivity contribution in [2.24, 2.45) is 0 Å². The van der Waals surface area contributed by atoms with Crippen LogP contribution < -0.4 is 4.74 Å². The number of hydrogen-bond acceptors (Lipinski definition) is 1. The first-order valence-corrected chi connectivity index (χ1v) is 5.01. The average molecular weight is 269 g/mol. The SMILES string of the molecule is Fc1ccc(OCC(F)F)c(CBr)c1. The van der Waals surface area contributed by atoms with Crippen molar-refractivity contribution in [3.63, 3.8) is 0 Å². The van der Waals surface area contributed by atoms with Crippen LogP contribution >= 0.6 is 15.9 Å². The van der Waals surface area contributed by atoms with Gasteiger partial charge >= 0.3 is 0 Å². The van der Waals surface area contributed by atoms with Crippen LogP contribution in [0.2, 0.25) is 0 Å². The van der Waals surface area contributed by atoms with Crippen LogP contribution in [0.1, 0.15) is 5.56 Å². The molecule has 1 rings (SSSR count). The Labute approximate surface area is 88.0 Å². The van der Waals surface area contributed by atoms with Gasteiger partial charge in [-0.15, -0.1) is 0 Å². The lowest BCUT2D eigenvalue weighted by atomic mass is 10.2. The largest absolute Gasteiger partial charge is 0.487 e. The van der Waals surface area contributed by atoms with Crippen molar-refractivity contribution in [3.05, 3.63) is 29.6 Å². The van der Waals surface area contributed by atoms with E-state index in [1.165, 1.54) is 18.2 Å². The third-order valence-electron chi connectivity index (χ3n) is 1.53. The van der Waals surface area contributed by atoms with Crippen LogP contribution in [0.15, 0.2) is 18.2 Å². The van der Waals surface area contributed by atoms with Crippen LogP contribution in [0, 0.1) is 5.82 Å². The maximum atomic E-state index is 12.7. The summed E-state index contributed by atoms with van der Waals surface area (Å²) in [4.78, 5) is 0. The van der Waals surface area contributed by atoms with E-state index in [0.717, 1.165) is 0 Å². The van der Waals surface area contributed by atoms with Gasteiger partial charge in [-0.2, -0.15) is 0 Å². The van der Waals surface area contributed by atoms with Gasteiger partial charge < -0.3 is 4.74 Å². The minimum atomic E-state index is -2.52. The minimum Gasteiger partial charge on any atom is -0.487 e. The molecule has 14 heavy (non-hydrogen) atoms. The van der Waals surface area contributed by atoms with Crippen molar-refractivity contribution in [2.75, 3.05) is 6.61 Å². The third-order valence-corrected chi connectivity index (χ3v) is 2.14. The molecule has 1 nitrogen and oxygen atoms in total. The first-order chi connectivity index (χ1) is 6.63. The van der Waals surface area contributed by atoms with Crippen molar-refractivity contribution >= 4 is 15.9 Å². The van der Waals surface area contributed by atoms with Gasteiger partial charge in [0.2, 0.25) is 0 Å². The fourth-order valence-electron chi connectivity index (χ4n) is 0.946. The van der Waals surface area contributed by atoms with E-state index in [9.17, 15) is 13.2 Å². The van der Waals surface area contributed by atoms with E-state index in [2.05, 4.69) is 15.9 Å². The highest BCUT2D eigenvalue weighted by Crippen LogP contribution is 2.22. The molecule has 0 saturated carbocycles. The molecule has 0 aliphatic rings. The van der Waals surface area contributed by atoms with Crippen molar-refractivity contribution < 1.29 is 17.9 Å². The summed E-state index contributed by atoms with van der Waals surface area (Å²) in [5.41, 5.74) is 0.519. The highest BCUT2D eigenvalue weighted by Gasteiger charge is 2.07. The van der Waals surface area contributed by atoms with Gasteiger partial charge in [0.15, 0.2) is 0 Å². The quantitative estimate of drug-likeness (QED) is 0.761. The van der Waals surface area contributed by atoms with E-state index in [0.29, 0.717) is 10.9 Å². The number of benzene rings is 1. The zero-order valence-corrected chi connectivity index (χ0v) is 8.73. The van der Waals surface area contributed by atoms with Crippen LogP contribution in [0.25, 0.3) is 0 Å². The maximum Gasteiger partial charge on any atom is 0.272 e. The predicted molar refractivity (Wildman–Crippen MR) is 50.5 cm³/mol. The molecule has 0 bridgehead atoms. The van der Waals surface area contributed by atoms with Gasteiger partial charge in [0.05, 0.1) is 0 Å². The Bertz CT molecular complexity index is 304. The monoisotopic (exact) mass is 268 g/mol. The molecule has 0 unspecified atom stereocenters. The van der Waals surface area contributed by atoms with E-state index in [4.69, 9.17) is 4.74 Å². The lowest BCUT2D eigenvalue weighted by Gasteiger charge is -2.09. The Kier molecular flexibility index (Phi) is 4.25. The Balaban J connectivity index is 2.75. The molecule has 0 aliphatic heterocycles.